The lowest BCUT2D eigenvalue weighted by atomic mass is 9.94. The van der Waals surface area contributed by atoms with Crippen molar-refractivity contribution in [2.75, 3.05) is 13.1 Å². The number of nitrogens with zero attached hydrogens (tertiary/aromatic N) is 2. The van der Waals surface area contributed by atoms with Gasteiger partial charge in [-0.05, 0) is 55.2 Å². The summed E-state index contributed by atoms with van der Waals surface area (Å²) < 4.78 is 0. The van der Waals surface area contributed by atoms with Crippen molar-refractivity contribution in [3.05, 3.63) is 57.8 Å². The monoisotopic (exact) mass is 426 g/mol. The number of hydrogen-bond donors (Lipinski definition) is 0. The Morgan fingerprint density at radius 2 is 1.90 bits per heavy atom. The van der Waals surface area contributed by atoms with E-state index in [9.17, 15) is 4.79 Å². The summed E-state index contributed by atoms with van der Waals surface area (Å²) in [6.07, 6.45) is 6.43. The predicted octanol–water partition coefficient (Wildman–Crippen LogP) is 6.27. The highest BCUT2D eigenvalue weighted by atomic mass is 32.1. The van der Waals surface area contributed by atoms with Gasteiger partial charge in [-0.25, -0.2) is 0 Å². The van der Waals surface area contributed by atoms with E-state index in [0.29, 0.717) is 11.9 Å². The molecule has 2 heterocycles. The van der Waals surface area contributed by atoms with Crippen LogP contribution in [0.1, 0.15) is 68.4 Å². The Bertz CT molecular complexity index is 764. The van der Waals surface area contributed by atoms with E-state index < -0.39 is 0 Å². The summed E-state index contributed by atoms with van der Waals surface area (Å²) in [6.45, 7) is 10.5. The molecule has 3 rings (SSSR count). The van der Waals surface area contributed by atoms with E-state index in [4.69, 9.17) is 0 Å². The van der Waals surface area contributed by atoms with Crippen LogP contribution in [0.5, 0.6) is 0 Å². The van der Waals surface area contributed by atoms with Gasteiger partial charge in [0.05, 0.1) is 6.54 Å². The van der Waals surface area contributed by atoms with Crippen LogP contribution in [0.2, 0.25) is 0 Å². The number of piperidine rings is 1. The summed E-state index contributed by atoms with van der Waals surface area (Å²) >= 11 is 1.79. The molecular weight excluding hydrogens is 388 g/mol. The standard InChI is InChI=1S/C26H38N2OS/c1-4-6-12-23(5-2)26(29)28(20-25-21(3)15-18-30-25)24-13-16-27(17-14-24)19-22-10-8-7-9-11-22/h7-11,15,18,23-24H,4-6,12-14,16-17,19-20H2,1-3H3. The van der Waals surface area contributed by atoms with Gasteiger partial charge in [0.2, 0.25) is 5.91 Å². The third-order valence-electron chi connectivity index (χ3n) is 6.56. The average Bonchev–Trinajstić information content (AvgIpc) is 3.18. The second kappa shape index (κ2) is 11.7. The first-order chi connectivity index (χ1) is 14.6. The van der Waals surface area contributed by atoms with Gasteiger partial charge >= 0.3 is 0 Å². The van der Waals surface area contributed by atoms with Gasteiger partial charge in [-0.3, -0.25) is 9.69 Å². The highest BCUT2D eigenvalue weighted by Crippen LogP contribution is 2.27. The number of likely N-dealkylation sites (tertiary alicyclic amines) is 1. The number of aryl methyl sites for hydroxylation is 1. The molecule has 1 aliphatic heterocycles. The summed E-state index contributed by atoms with van der Waals surface area (Å²) in [5, 5.41) is 2.16. The largest absolute Gasteiger partial charge is 0.334 e. The molecule has 3 nitrogen and oxygen atoms in total. The molecule has 2 aromatic rings. The number of carbonyl (C=O) groups is 1. The lowest BCUT2D eigenvalue weighted by Crippen LogP contribution is -2.48. The third kappa shape index (κ3) is 6.18. The minimum atomic E-state index is 0.174. The van der Waals surface area contributed by atoms with Crippen molar-refractivity contribution in [3.8, 4) is 0 Å². The molecule has 1 atom stereocenters. The number of amides is 1. The van der Waals surface area contributed by atoms with Crippen LogP contribution < -0.4 is 0 Å². The molecule has 1 amide bonds. The number of rotatable bonds is 10. The second-order valence-electron chi connectivity index (χ2n) is 8.73. The van der Waals surface area contributed by atoms with E-state index >= 15 is 0 Å². The van der Waals surface area contributed by atoms with E-state index in [1.165, 1.54) is 16.0 Å². The molecule has 4 heteroatoms. The molecule has 1 fully saturated rings. The molecule has 0 N–H and O–H groups in total. The predicted molar refractivity (Wildman–Crippen MR) is 128 cm³/mol. The maximum Gasteiger partial charge on any atom is 0.226 e. The third-order valence-corrected chi connectivity index (χ3v) is 7.57. The van der Waals surface area contributed by atoms with Gasteiger partial charge in [0.15, 0.2) is 0 Å². The first kappa shape index (κ1) is 23.0. The van der Waals surface area contributed by atoms with Crippen molar-refractivity contribution in [3.63, 3.8) is 0 Å². The van der Waals surface area contributed by atoms with Gasteiger partial charge in [0, 0.05) is 36.5 Å². The maximum atomic E-state index is 13.6. The van der Waals surface area contributed by atoms with Crippen molar-refractivity contribution < 1.29 is 4.79 Å². The molecule has 30 heavy (non-hydrogen) atoms. The Morgan fingerprint density at radius 1 is 1.17 bits per heavy atom. The second-order valence-corrected chi connectivity index (χ2v) is 9.73. The van der Waals surface area contributed by atoms with Crippen LogP contribution in [-0.4, -0.2) is 34.8 Å². The van der Waals surface area contributed by atoms with E-state index in [-0.39, 0.29) is 5.92 Å². The molecule has 1 aromatic heterocycles. The van der Waals surface area contributed by atoms with Gasteiger partial charge < -0.3 is 4.90 Å². The highest BCUT2D eigenvalue weighted by molar-refractivity contribution is 7.10. The van der Waals surface area contributed by atoms with Gasteiger partial charge in [-0.1, -0.05) is 57.0 Å². The first-order valence-electron chi connectivity index (χ1n) is 11.7. The van der Waals surface area contributed by atoms with Crippen LogP contribution in [0, 0.1) is 12.8 Å². The molecule has 1 unspecified atom stereocenters. The molecule has 0 bridgehead atoms. The zero-order valence-electron chi connectivity index (χ0n) is 19.0. The van der Waals surface area contributed by atoms with E-state index in [0.717, 1.165) is 64.7 Å². The van der Waals surface area contributed by atoms with Crippen LogP contribution >= 0.6 is 11.3 Å². The van der Waals surface area contributed by atoms with Gasteiger partial charge in [0.1, 0.15) is 0 Å². The van der Waals surface area contributed by atoms with Crippen molar-refractivity contribution in [1.82, 2.24) is 9.80 Å². The highest BCUT2D eigenvalue weighted by Gasteiger charge is 2.31. The molecule has 1 aliphatic rings. The lowest BCUT2D eigenvalue weighted by Gasteiger charge is -2.40. The molecular formula is C26H38N2OS. The number of hydrogen-bond acceptors (Lipinski definition) is 3. The van der Waals surface area contributed by atoms with E-state index in [2.05, 4.69) is 72.3 Å². The molecule has 0 saturated carbocycles. The van der Waals surface area contributed by atoms with Crippen LogP contribution in [0.3, 0.4) is 0 Å². The fraction of sp³-hybridized carbons (Fsp3) is 0.577. The Morgan fingerprint density at radius 3 is 2.50 bits per heavy atom. The SMILES string of the molecule is CCCCC(CC)C(=O)N(Cc1sccc1C)C1CCN(Cc2ccccc2)CC1. The number of benzene rings is 1. The molecule has 164 valence electrons. The van der Waals surface area contributed by atoms with Crippen LogP contribution in [0.15, 0.2) is 41.8 Å². The minimum Gasteiger partial charge on any atom is -0.334 e. The topological polar surface area (TPSA) is 23.6 Å². The van der Waals surface area contributed by atoms with Crippen molar-refractivity contribution in [2.24, 2.45) is 5.92 Å². The average molecular weight is 427 g/mol. The van der Waals surface area contributed by atoms with E-state index in [1.54, 1.807) is 11.3 Å². The zero-order valence-corrected chi connectivity index (χ0v) is 19.8. The van der Waals surface area contributed by atoms with Crippen molar-refractivity contribution in [1.29, 1.82) is 0 Å². The maximum absolute atomic E-state index is 13.6. The molecule has 0 aliphatic carbocycles. The van der Waals surface area contributed by atoms with Crippen LogP contribution in [0.4, 0.5) is 0 Å². The fourth-order valence-corrected chi connectivity index (χ4v) is 5.43. The summed E-state index contributed by atoms with van der Waals surface area (Å²) in [6, 6.07) is 13.3. The molecule has 1 aromatic carbocycles. The normalized spacial score (nSPS) is 16.5. The Labute approximate surface area is 187 Å². The van der Waals surface area contributed by atoms with Crippen molar-refractivity contribution >= 4 is 17.2 Å². The number of thiophene rings is 1. The molecule has 0 radical (unpaired) electrons. The number of unbranched alkanes of at least 4 members (excludes halogenated alkanes) is 1. The lowest BCUT2D eigenvalue weighted by molar-refractivity contribution is -0.140. The number of carbonyl (C=O) groups excluding carboxylic acids is 1. The van der Waals surface area contributed by atoms with Gasteiger partial charge in [-0.15, -0.1) is 11.3 Å². The Hall–Kier alpha value is -1.65. The Balaban J connectivity index is 1.67. The summed E-state index contributed by atoms with van der Waals surface area (Å²) in [5.41, 5.74) is 2.70. The minimum absolute atomic E-state index is 0.174. The summed E-state index contributed by atoms with van der Waals surface area (Å²) in [4.78, 5) is 19.7. The smallest absolute Gasteiger partial charge is 0.226 e. The fourth-order valence-electron chi connectivity index (χ4n) is 4.53. The summed E-state index contributed by atoms with van der Waals surface area (Å²) in [7, 11) is 0. The van der Waals surface area contributed by atoms with E-state index in [1.807, 2.05) is 0 Å². The summed E-state index contributed by atoms with van der Waals surface area (Å²) in [5.74, 6) is 0.563. The van der Waals surface area contributed by atoms with Crippen LogP contribution in [0.25, 0.3) is 0 Å². The van der Waals surface area contributed by atoms with Crippen LogP contribution in [-0.2, 0) is 17.9 Å². The quantitative estimate of drug-likeness (QED) is 0.447. The molecule has 0 spiro atoms. The molecule has 1 saturated heterocycles. The zero-order chi connectivity index (χ0) is 21.3. The van der Waals surface area contributed by atoms with Gasteiger partial charge in [0.25, 0.3) is 0 Å². The van der Waals surface area contributed by atoms with Crippen molar-refractivity contribution in [2.45, 2.75) is 78.4 Å². The Kier molecular flexibility index (Phi) is 8.95. The first-order valence-corrected chi connectivity index (χ1v) is 12.6. The van der Waals surface area contributed by atoms with Gasteiger partial charge in [-0.2, -0.15) is 0 Å².